The predicted octanol–water partition coefficient (Wildman–Crippen LogP) is -6.29. The summed E-state index contributed by atoms with van der Waals surface area (Å²) in [6.07, 6.45) is 0. The maximum absolute atomic E-state index is 8.88. The Morgan fingerprint density at radius 1 is 1.00 bits per heavy atom. The maximum atomic E-state index is 8.88. The molecule has 0 radical (unpaired) electrons. The van der Waals surface area contributed by atoms with Gasteiger partial charge in [0.1, 0.15) is 0 Å². The summed E-state index contributed by atoms with van der Waals surface area (Å²) in [5.41, 5.74) is 0. The van der Waals surface area contributed by atoms with Crippen molar-refractivity contribution >= 4 is 7.82 Å². The third-order valence-corrected chi connectivity index (χ3v) is 0. The summed E-state index contributed by atoms with van der Waals surface area (Å²) in [5.74, 6) is 0. The number of rotatable bonds is 0. The zero-order valence-corrected chi connectivity index (χ0v) is 8.71. The van der Waals surface area contributed by atoms with E-state index in [1.165, 1.54) is 0 Å². The fraction of sp³-hybridized carbons (Fsp3) is 0. The number of phosphoric acid groups is 1. The van der Waals surface area contributed by atoms with E-state index in [-0.39, 0.29) is 69.2 Å². The molecule has 0 aromatic carbocycles. The third-order valence-electron chi connectivity index (χ3n) is 0. The third kappa shape index (κ3) is 212. The van der Waals surface area contributed by atoms with E-state index in [1.54, 1.807) is 0 Å². The molecule has 0 spiro atoms. The minimum absolute atomic E-state index is 0. The summed E-state index contributed by atoms with van der Waals surface area (Å²) < 4.78 is 8.88. The van der Waals surface area contributed by atoms with E-state index in [2.05, 4.69) is 0 Å². The van der Waals surface area contributed by atoms with E-state index in [9.17, 15) is 0 Å². The van der Waals surface area contributed by atoms with Gasteiger partial charge in [-0.05, 0) is 0 Å². The van der Waals surface area contributed by atoms with Gasteiger partial charge in [0.05, 0.1) is 0 Å². The molecule has 0 bridgehead atoms. The summed E-state index contributed by atoms with van der Waals surface area (Å²) in [6, 6.07) is 0. The second-order valence-corrected chi connectivity index (χ2v) is 1.54. The first kappa shape index (κ1) is 31.1. The van der Waals surface area contributed by atoms with Crippen LogP contribution in [-0.2, 0) is 4.57 Å². The van der Waals surface area contributed by atoms with Crippen LogP contribution in [0.4, 0.5) is 0 Å². The largest absolute Gasteiger partial charge is 1.00 e. The van der Waals surface area contributed by atoms with E-state index in [0.717, 1.165) is 0 Å². The first-order valence-electron chi connectivity index (χ1n) is 0.783. The molecular weight excluding hydrogens is 182 g/mol. The molecule has 0 aliphatic rings. The molecular formula is H10KO7P. The zero-order chi connectivity index (χ0) is 4.50. The van der Waals surface area contributed by atoms with Gasteiger partial charge in [-0.2, -0.15) is 0 Å². The molecule has 0 amide bonds. The molecule has 0 aromatic rings. The van der Waals surface area contributed by atoms with Crippen molar-refractivity contribution in [2.24, 2.45) is 0 Å². The summed E-state index contributed by atoms with van der Waals surface area (Å²) in [5, 5.41) is 0. The van der Waals surface area contributed by atoms with Gasteiger partial charge < -0.3 is 32.5 Å². The first-order chi connectivity index (χ1) is 2.00. The molecule has 0 saturated heterocycles. The van der Waals surface area contributed by atoms with Crippen LogP contribution in [0.1, 0.15) is 1.43 Å². The van der Waals surface area contributed by atoms with Gasteiger partial charge in [-0.15, -0.1) is 0 Å². The Balaban J connectivity index is -0.00000000800. The van der Waals surface area contributed by atoms with Crippen LogP contribution in [0.3, 0.4) is 0 Å². The van der Waals surface area contributed by atoms with Crippen LogP contribution >= 0.6 is 7.82 Å². The molecule has 9 heavy (non-hydrogen) atoms. The minimum atomic E-state index is -4.64. The van der Waals surface area contributed by atoms with Crippen LogP contribution < -0.4 is 51.4 Å². The van der Waals surface area contributed by atoms with Gasteiger partial charge in [0.25, 0.3) is 0 Å². The Bertz CT molecular complexity index is 59.7. The van der Waals surface area contributed by atoms with Crippen molar-refractivity contribution in [2.75, 3.05) is 0 Å². The van der Waals surface area contributed by atoms with Gasteiger partial charge in [0, 0.05) is 0 Å². The van der Waals surface area contributed by atoms with Crippen LogP contribution in [0.5, 0.6) is 0 Å². The molecule has 0 fully saturated rings. The van der Waals surface area contributed by atoms with E-state index < -0.39 is 7.82 Å². The summed E-state index contributed by atoms with van der Waals surface area (Å²) >= 11 is 0. The monoisotopic (exact) mass is 192 g/mol. The first-order valence-corrected chi connectivity index (χ1v) is 2.35. The average molecular weight is 192 g/mol. The molecule has 0 aliphatic carbocycles. The Labute approximate surface area is 95.2 Å². The second kappa shape index (κ2) is 12.3. The fourth-order valence-electron chi connectivity index (χ4n) is 0. The maximum Gasteiger partial charge on any atom is 1.00 e. The Morgan fingerprint density at radius 3 is 1.00 bits per heavy atom. The quantitative estimate of drug-likeness (QED) is 0.256. The zero-order valence-electron chi connectivity index (χ0n) is 5.70. The van der Waals surface area contributed by atoms with Crippen molar-refractivity contribution in [3.05, 3.63) is 0 Å². The van der Waals surface area contributed by atoms with Crippen LogP contribution in [-0.4, -0.2) is 31.1 Å². The van der Waals surface area contributed by atoms with Crippen LogP contribution in [0.15, 0.2) is 0 Å². The predicted molar refractivity (Wildman–Crippen MR) is 26.2 cm³/mol. The minimum Gasteiger partial charge on any atom is -1.00 e. The molecule has 0 aliphatic heterocycles. The van der Waals surface area contributed by atoms with Crippen molar-refractivity contribution in [3.63, 3.8) is 0 Å². The van der Waals surface area contributed by atoms with E-state index >= 15 is 0 Å². The van der Waals surface area contributed by atoms with Crippen molar-refractivity contribution in [2.45, 2.75) is 0 Å². The van der Waals surface area contributed by atoms with Crippen molar-refractivity contribution in [1.82, 2.24) is 0 Å². The smallest absolute Gasteiger partial charge is 1.00 e. The van der Waals surface area contributed by atoms with E-state index in [0.29, 0.717) is 0 Å². The molecule has 0 saturated carbocycles. The molecule has 9 heteroatoms. The average Bonchev–Trinajstić information content (AvgIpc) is 0.722. The van der Waals surface area contributed by atoms with Crippen molar-refractivity contribution in [3.8, 4) is 0 Å². The van der Waals surface area contributed by atoms with Crippen molar-refractivity contribution < 1.29 is 88.5 Å². The molecule has 0 heterocycles. The normalized spacial score (nSPS) is 6.56. The molecule has 0 rings (SSSR count). The Kier molecular flexibility index (Phi) is 42.6. The Morgan fingerprint density at radius 2 is 1.00 bits per heavy atom. The Hall–Kier alpha value is 1.63. The SMILES string of the molecule is O.O.O.O=P(O)(O)O.[H-].[K+]. The topological polar surface area (TPSA) is 172 Å². The molecule has 0 unspecified atom stereocenters. The number of hydrogen-bond acceptors (Lipinski definition) is 1. The van der Waals surface area contributed by atoms with Crippen molar-refractivity contribution in [1.29, 1.82) is 0 Å². The summed E-state index contributed by atoms with van der Waals surface area (Å²) in [7, 11) is -4.64. The standard InChI is InChI=1S/K.H3O4P.3H2O.H/c;1-5(2,3)4;;;;/h;(H3,1,2,3,4);3*1H2;/q+1;;;;;-1. The van der Waals surface area contributed by atoms with E-state index in [1.807, 2.05) is 0 Å². The molecule has 0 aromatic heterocycles. The summed E-state index contributed by atoms with van der Waals surface area (Å²) in [6.45, 7) is 0. The second-order valence-electron chi connectivity index (χ2n) is 0.513. The van der Waals surface area contributed by atoms with Crippen LogP contribution in [0.25, 0.3) is 0 Å². The van der Waals surface area contributed by atoms with Gasteiger partial charge in [0.15, 0.2) is 0 Å². The molecule has 7 nitrogen and oxygen atoms in total. The van der Waals surface area contributed by atoms with Crippen LogP contribution in [0, 0.1) is 0 Å². The van der Waals surface area contributed by atoms with Crippen LogP contribution in [0.2, 0.25) is 0 Å². The molecule has 58 valence electrons. The fourth-order valence-corrected chi connectivity index (χ4v) is 0. The number of hydrogen-bond donors (Lipinski definition) is 3. The van der Waals surface area contributed by atoms with E-state index in [4.69, 9.17) is 19.2 Å². The molecule has 0 atom stereocenters. The summed E-state index contributed by atoms with van der Waals surface area (Å²) in [4.78, 5) is 21.6. The van der Waals surface area contributed by atoms with Gasteiger partial charge >= 0.3 is 59.2 Å². The van der Waals surface area contributed by atoms with Gasteiger partial charge in [-0.3, -0.25) is 0 Å². The van der Waals surface area contributed by atoms with Gasteiger partial charge in [-0.25, -0.2) is 4.57 Å². The van der Waals surface area contributed by atoms with Gasteiger partial charge in [-0.1, -0.05) is 0 Å². The molecule has 9 N–H and O–H groups in total. The van der Waals surface area contributed by atoms with Gasteiger partial charge in [0.2, 0.25) is 0 Å².